The lowest BCUT2D eigenvalue weighted by atomic mass is 10.2. The molecule has 0 saturated carbocycles. The summed E-state index contributed by atoms with van der Waals surface area (Å²) in [5.41, 5.74) is 2.39. The van der Waals surface area contributed by atoms with Gasteiger partial charge in [0, 0.05) is 40.7 Å². The summed E-state index contributed by atoms with van der Waals surface area (Å²) < 4.78 is 7.46. The van der Waals surface area contributed by atoms with Crippen LogP contribution < -0.4 is 5.32 Å². The Kier molecular flexibility index (Phi) is 7.01. The second-order valence-electron chi connectivity index (χ2n) is 6.61. The van der Waals surface area contributed by atoms with Gasteiger partial charge in [0.05, 0.1) is 17.1 Å². The van der Waals surface area contributed by atoms with E-state index in [0.29, 0.717) is 22.4 Å². The van der Waals surface area contributed by atoms with E-state index in [1.165, 1.54) is 23.5 Å². The van der Waals surface area contributed by atoms with Gasteiger partial charge in [0.25, 0.3) is 0 Å². The van der Waals surface area contributed by atoms with Crippen molar-refractivity contribution in [1.29, 1.82) is 0 Å². The van der Waals surface area contributed by atoms with Crippen LogP contribution in [0.4, 0.5) is 5.69 Å². The van der Waals surface area contributed by atoms with Gasteiger partial charge in [0.15, 0.2) is 5.16 Å². The van der Waals surface area contributed by atoms with Crippen molar-refractivity contribution in [3.63, 3.8) is 0 Å². The fourth-order valence-electron chi connectivity index (χ4n) is 2.76. The van der Waals surface area contributed by atoms with Gasteiger partial charge in [-0.15, -0.1) is 11.8 Å². The number of amides is 1. The molecular weight excluding hydrogens is 452 g/mol. The molecule has 9 heteroatoms. The lowest BCUT2D eigenvalue weighted by Crippen LogP contribution is -2.15. The highest BCUT2D eigenvalue weighted by molar-refractivity contribution is 7.99. The zero-order chi connectivity index (χ0) is 21.6. The van der Waals surface area contributed by atoms with Gasteiger partial charge < -0.3 is 14.3 Å². The molecule has 1 N–H and O–H groups in total. The monoisotopic (exact) mass is 470 g/mol. The van der Waals surface area contributed by atoms with Gasteiger partial charge in [-0.25, -0.2) is 9.97 Å². The Labute approximate surface area is 193 Å². The van der Waals surface area contributed by atoms with Gasteiger partial charge in [-0.1, -0.05) is 29.8 Å². The highest BCUT2D eigenvalue weighted by Gasteiger charge is 2.12. The first-order valence-electron chi connectivity index (χ1n) is 9.40. The van der Waals surface area contributed by atoms with Gasteiger partial charge >= 0.3 is 0 Å². The fourth-order valence-corrected chi connectivity index (χ4v) is 4.50. The zero-order valence-corrected chi connectivity index (χ0v) is 19.0. The lowest BCUT2D eigenvalue weighted by molar-refractivity contribution is -0.113. The first-order valence-corrected chi connectivity index (χ1v) is 11.8. The number of rotatable bonds is 8. The van der Waals surface area contributed by atoms with E-state index in [-0.39, 0.29) is 11.7 Å². The van der Waals surface area contributed by atoms with Crippen LogP contribution in [0.5, 0.6) is 0 Å². The van der Waals surface area contributed by atoms with Crippen molar-refractivity contribution in [3.05, 3.63) is 77.9 Å². The number of thioether (sulfide) groups is 1. The molecule has 2 aromatic carbocycles. The molecule has 0 saturated heterocycles. The highest BCUT2D eigenvalue weighted by Crippen LogP contribution is 2.34. The quantitative estimate of drug-likeness (QED) is 0.353. The van der Waals surface area contributed by atoms with Crippen molar-refractivity contribution in [2.24, 2.45) is 7.05 Å². The van der Waals surface area contributed by atoms with E-state index in [0.717, 1.165) is 21.3 Å². The van der Waals surface area contributed by atoms with Crippen LogP contribution >= 0.6 is 35.1 Å². The number of carbonyl (C=O) groups is 1. The van der Waals surface area contributed by atoms with Gasteiger partial charge in [-0.3, -0.25) is 4.79 Å². The first kappa shape index (κ1) is 21.5. The standard InChI is InChI=1S/C22H19ClN4O2S2/c1-27-10-9-24-22(27)31-19-8-7-16(23)11-18(19)26-20(28)14-30-13-17-12-29-21(25-17)15-5-3-2-4-6-15/h2-12H,13-14H2,1H3,(H,26,28). The molecule has 0 bridgehead atoms. The number of nitrogens with zero attached hydrogens (tertiary/aromatic N) is 3. The SMILES string of the molecule is Cn1ccnc1Sc1ccc(Cl)cc1NC(=O)CSCc1coc(-c2ccccc2)n1. The summed E-state index contributed by atoms with van der Waals surface area (Å²) in [7, 11) is 1.92. The topological polar surface area (TPSA) is 73.0 Å². The number of oxazole rings is 1. The van der Waals surface area contributed by atoms with E-state index in [9.17, 15) is 4.79 Å². The molecule has 6 nitrogen and oxygen atoms in total. The maximum absolute atomic E-state index is 12.5. The predicted molar refractivity (Wildman–Crippen MR) is 126 cm³/mol. The number of aromatic nitrogens is 3. The molecule has 0 unspecified atom stereocenters. The van der Waals surface area contributed by atoms with Crippen molar-refractivity contribution in [2.75, 3.05) is 11.1 Å². The smallest absolute Gasteiger partial charge is 0.234 e. The third-order valence-electron chi connectivity index (χ3n) is 4.25. The summed E-state index contributed by atoms with van der Waals surface area (Å²) in [5, 5.41) is 4.34. The van der Waals surface area contributed by atoms with Crippen LogP contribution in [0, 0.1) is 0 Å². The molecule has 0 aliphatic carbocycles. The second-order valence-corrected chi connectivity index (χ2v) is 9.05. The molecule has 0 aliphatic rings. The number of anilines is 1. The molecule has 31 heavy (non-hydrogen) atoms. The minimum absolute atomic E-state index is 0.110. The normalized spacial score (nSPS) is 10.9. The third kappa shape index (κ3) is 5.72. The van der Waals surface area contributed by atoms with Crippen LogP contribution in [0.1, 0.15) is 5.69 Å². The summed E-state index contributed by atoms with van der Waals surface area (Å²) in [6, 6.07) is 15.1. The van der Waals surface area contributed by atoms with E-state index < -0.39 is 0 Å². The molecule has 0 radical (unpaired) electrons. The van der Waals surface area contributed by atoms with Crippen molar-refractivity contribution in [3.8, 4) is 11.5 Å². The Morgan fingerprint density at radius 3 is 2.84 bits per heavy atom. The number of aryl methyl sites for hydroxylation is 1. The Morgan fingerprint density at radius 1 is 1.23 bits per heavy atom. The molecule has 0 fully saturated rings. The van der Waals surface area contributed by atoms with Crippen LogP contribution in [0.25, 0.3) is 11.5 Å². The number of benzene rings is 2. The zero-order valence-electron chi connectivity index (χ0n) is 16.6. The van der Waals surface area contributed by atoms with Gasteiger partial charge in [0.2, 0.25) is 11.8 Å². The molecule has 0 atom stereocenters. The average Bonchev–Trinajstić information content (AvgIpc) is 3.40. The molecule has 0 aliphatic heterocycles. The third-order valence-corrected chi connectivity index (χ3v) is 6.60. The van der Waals surface area contributed by atoms with Crippen molar-refractivity contribution in [2.45, 2.75) is 15.8 Å². The average molecular weight is 471 g/mol. The van der Waals surface area contributed by atoms with Crippen molar-refractivity contribution >= 4 is 46.7 Å². The molecular formula is C22H19ClN4O2S2. The molecule has 0 spiro atoms. The molecule has 158 valence electrons. The number of nitrogens with one attached hydrogen (secondary N) is 1. The second kappa shape index (κ2) is 10.1. The maximum Gasteiger partial charge on any atom is 0.234 e. The Morgan fingerprint density at radius 2 is 2.06 bits per heavy atom. The van der Waals surface area contributed by atoms with Gasteiger partial charge in [0.1, 0.15) is 6.26 Å². The minimum Gasteiger partial charge on any atom is -0.444 e. The summed E-state index contributed by atoms with van der Waals surface area (Å²) in [6.45, 7) is 0. The summed E-state index contributed by atoms with van der Waals surface area (Å²) >= 11 is 9.08. The van der Waals surface area contributed by atoms with E-state index in [2.05, 4.69) is 15.3 Å². The van der Waals surface area contributed by atoms with E-state index in [1.54, 1.807) is 24.6 Å². The van der Waals surface area contributed by atoms with Crippen LogP contribution in [0.15, 0.2) is 81.7 Å². The maximum atomic E-state index is 12.5. The van der Waals surface area contributed by atoms with Crippen LogP contribution in [-0.2, 0) is 17.6 Å². The van der Waals surface area contributed by atoms with Crippen LogP contribution in [-0.4, -0.2) is 26.2 Å². The largest absolute Gasteiger partial charge is 0.444 e. The molecule has 2 heterocycles. The van der Waals surface area contributed by atoms with Gasteiger partial charge in [-0.05, 0) is 42.1 Å². The van der Waals surface area contributed by atoms with Gasteiger partial charge in [-0.2, -0.15) is 0 Å². The lowest BCUT2D eigenvalue weighted by Gasteiger charge is -2.11. The number of hydrogen-bond donors (Lipinski definition) is 1. The Bertz CT molecular complexity index is 1180. The van der Waals surface area contributed by atoms with Crippen LogP contribution in [0.2, 0.25) is 5.02 Å². The predicted octanol–water partition coefficient (Wildman–Crippen LogP) is 5.75. The highest BCUT2D eigenvalue weighted by atomic mass is 35.5. The Balaban J connectivity index is 1.34. The van der Waals surface area contributed by atoms with E-state index >= 15 is 0 Å². The Hall–Kier alpha value is -2.68. The summed E-state index contributed by atoms with van der Waals surface area (Å²) in [6.07, 6.45) is 5.24. The number of hydrogen-bond acceptors (Lipinski definition) is 6. The molecule has 4 rings (SSSR count). The first-order chi connectivity index (χ1) is 15.1. The van der Waals surface area contributed by atoms with E-state index in [1.807, 2.05) is 54.2 Å². The van der Waals surface area contributed by atoms with Crippen LogP contribution in [0.3, 0.4) is 0 Å². The molecule has 2 aromatic heterocycles. The summed E-state index contributed by atoms with van der Waals surface area (Å²) in [4.78, 5) is 22.2. The summed E-state index contributed by atoms with van der Waals surface area (Å²) in [5.74, 6) is 1.33. The molecule has 1 amide bonds. The van der Waals surface area contributed by atoms with E-state index in [4.69, 9.17) is 16.0 Å². The number of imidazole rings is 1. The minimum atomic E-state index is -0.110. The van der Waals surface area contributed by atoms with Crippen molar-refractivity contribution in [1.82, 2.24) is 14.5 Å². The number of carbonyl (C=O) groups excluding carboxylic acids is 1. The fraction of sp³-hybridized carbons (Fsp3) is 0.136. The van der Waals surface area contributed by atoms with Crippen molar-refractivity contribution < 1.29 is 9.21 Å². The number of halogens is 1. The molecule has 4 aromatic rings.